The molecule has 1 atom stereocenters. The van der Waals surface area contributed by atoms with Crippen molar-refractivity contribution in [2.75, 3.05) is 21.3 Å². The van der Waals surface area contributed by atoms with Crippen molar-refractivity contribution < 1.29 is 14.2 Å². The third-order valence-electron chi connectivity index (χ3n) is 3.31. The van der Waals surface area contributed by atoms with E-state index >= 15 is 0 Å². The third kappa shape index (κ3) is 3.23. The fraction of sp³-hybridized carbons (Fsp3) is 0.250. The van der Waals surface area contributed by atoms with Gasteiger partial charge in [0.15, 0.2) is 0 Å². The minimum absolute atomic E-state index is 0.374. The summed E-state index contributed by atoms with van der Waals surface area (Å²) in [5.41, 5.74) is 8.07. The van der Waals surface area contributed by atoms with E-state index in [1.165, 1.54) is 0 Å². The van der Waals surface area contributed by atoms with Gasteiger partial charge in [-0.2, -0.15) is 0 Å². The van der Waals surface area contributed by atoms with Gasteiger partial charge in [0.2, 0.25) is 0 Å². The zero-order chi connectivity index (χ0) is 15.4. The van der Waals surface area contributed by atoms with Gasteiger partial charge < -0.3 is 19.9 Å². The van der Waals surface area contributed by atoms with Gasteiger partial charge in [0.1, 0.15) is 17.2 Å². The summed E-state index contributed by atoms with van der Waals surface area (Å²) in [4.78, 5) is 0. The van der Waals surface area contributed by atoms with Gasteiger partial charge in [-0.1, -0.05) is 17.7 Å². The number of hydrogen-bond acceptors (Lipinski definition) is 4. The normalized spacial score (nSPS) is 11.9. The number of nitrogens with two attached hydrogens (primary N) is 1. The van der Waals surface area contributed by atoms with Crippen molar-refractivity contribution in [3.05, 3.63) is 52.5 Å². The summed E-state index contributed by atoms with van der Waals surface area (Å²) in [5, 5.41) is 0.547. The van der Waals surface area contributed by atoms with Gasteiger partial charge >= 0.3 is 0 Å². The van der Waals surface area contributed by atoms with E-state index in [1.54, 1.807) is 27.4 Å². The van der Waals surface area contributed by atoms with E-state index in [1.807, 2.05) is 30.3 Å². The van der Waals surface area contributed by atoms with Gasteiger partial charge in [-0.3, -0.25) is 0 Å². The number of methoxy groups -OCH3 is 3. The maximum atomic E-state index is 6.36. The van der Waals surface area contributed by atoms with E-state index in [2.05, 4.69) is 0 Å². The number of rotatable bonds is 5. The zero-order valence-electron chi connectivity index (χ0n) is 12.2. The Balaban J connectivity index is 2.45. The second kappa shape index (κ2) is 6.70. The summed E-state index contributed by atoms with van der Waals surface area (Å²) in [6.45, 7) is 0. The summed E-state index contributed by atoms with van der Waals surface area (Å²) < 4.78 is 15.9. The molecule has 0 bridgehead atoms. The molecule has 0 aliphatic heterocycles. The fourth-order valence-corrected chi connectivity index (χ4v) is 2.33. The Labute approximate surface area is 129 Å². The molecule has 112 valence electrons. The van der Waals surface area contributed by atoms with Crippen molar-refractivity contribution in [1.82, 2.24) is 0 Å². The van der Waals surface area contributed by atoms with Crippen LogP contribution < -0.4 is 19.9 Å². The van der Waals surface area contributed by atoms with Crippen LogP contribution in [-0.2, 0) is 0 Å². The van der Waals surface area contributed by atoms with E-state index in [0.717, 1.165) is 16.9 Å². The zero-order valence-corrected chi connectivity index (χ0v) is 13.0. The molecular formula is C16H18ClNO3. The summed E-state index contributed by atoms with van der Waals surface area (Å²) >= 11 is 6.04. The van der Waals surface area contributed by atoms with Gasteiger partial charge in [0, 0.05) is 5.56 Å². The lowest BCUT2D eigenvalue weighted by molar-refractivity contribution is 0.397. The van der Waals surface area contributed by atoms with Crippen molar-refractivity contribution in [2.24, 2.45) is 5.73 Å². The highest BCUT2D eigenvalue weighted by atomic mass is 35.5. The average Bonchev–Trinajstić information content (AvgIpc) is 2.54. The van der Waals surface area contributed by atoms with Crippen molar-refractivity contribution >= 4 is 11.6 Å². The molecule has 0 aliphatic carbocycles. The predicted octanol–water partition coefficient (Wildman–Crippen LogP) is 3.41. The molecule has 2 rings (SSSR count). The molecule has 2 aromatic carbocycles. The first kappa shape index (κ1) is 15.5. The van der Waals surface area contributed by atoms with Crippen LogP contribution in [-0.4, -0.2) is 21.3 Å². The van der Waals surface area contributed by atoms with E-state index < -0.39 is 0 Å². The Bertz CT molecular complexity index is 631. The lowest BCUT2D eigenvalue weighted by Crippen LogP contribution is -2.13. The molecule has 0 spiro atoms. The van der Waals surface area contributed by atoms with Crippen LogP contribution in [0.4, 0.5) is 0 Å². The summed E-state index contributed by atoms with van der Waals surface area (Å²) in [7, 11) is 4.80. The molecule has 0 amide bonds. The molecule has 5 heteroatoms. The van der Waals surface area contributed by atoms with Crippen LogP contribution in [0.25, 0.3) is 0 Å². The Morgan fingerprint density at radius 2 is 1.62 bits per heavy atom. The van der Waals surface area contributed by atoms with Crippen LogP contribution in [0.2, 0.25) is 5.02 Å². The SMILES string of the molecule is COc1ccc(OC)c(C(N)c2ccc(Cl)c(OC)c2)c1. The Kier molecular flexibility index (Phi) is 4.94. The van der Waals surface area contributed by atoms with E-state index in [4.69, 9.17) is 31.5 Å². The fourth-order valence-electron chi connectivity index (χ4n) is 2.13. The average molecular weight is 308 g/mol. The van der Waals surface area contributed by atoms with Crippen LogP contribution in [0.15, 0.2) is 36.4 Å². The van der Waals surface area contributed by atoms with Crippen molar-refractivity contribution in [1.29, 1.82) is 0 Å². The van der Waals surface area contributed by atoms with E-state index in [-0.39, 0.29) is 6.04 Å². The smallest absolute Gasteiger partial charge is 0.137 e. The number of benzene rings is 2. The van der Waals surface area contributed by atoms with Crippen molar-refractivity contribution in [2.45, 2.75) is 6.04 Å². The molecule has 4 nitrogen and oxygen atoms in total. The Morgan fingerprint density at radius 1 is 0.905 bits per heavy atom. The predicted molar refractivity (Wildman–Crippen MR) is 83.6 cm³/mol. The highest BCUT2D eigenvalue weighted by Gasteiger charge is 2.16. The van der Waals surface area contributed by atoms with Crippen LogP contribution in [0.1, 0.15) is 17.2 Å². The molecule has 2 aromatic rings. The van der Waals surface area contributed by atoms with Gasteiger partial charge in [-0.05, 0) is 35.9 Å². The molecule has 0 fully saturated rings. The minimum atomic E-state index is -0.374. The molecule has 0 heterocycles. The van der Waals surface area contributed by atoms with Gasteiger partial charge in [0.05, 0.1) is 32.4 Å². The van der Waals surface area contributed by atoms with Gasteiger partial charge in [-0.25, -0.2) is 0 Å². The first-order chi connectivity index (χ1) is 10.1. The number of ether oxygens (including phenoxy) is 3. The molecule has 0 saturated heterocycles. The molecule has 21 heavy (non-hydrogen) atoms. The highest BCUT2D eigenvalue weighted by Crippen LogP contribution is 2.34. The molecule has 0 saturated carbocycles. The van der Waals surface area contributed by atoms with E-state index in [9.17, 15) is 0 Å². The third-order valence-corrected chi connectivity index (χ3v) is 3.62. The molecule has 2 N–H and O–H groups in total. The Hall–Kier alpha value is -1.91. The number of halogens is 1. The lowest BCUT2D eigenvalue weighted by atomic mass is 9.98. The van der Waals surface area contributed by atoms with Gasteiger partial charge in [0.25, 0.3) is 0 Å². The summed E-state index contributed by atoms with van der Waals surface area (Å²) in [6, 6.07) is 10.6. The maximum absolute atomic E-state index is 6.36. The lowest BCUT2D eigenvalue weighted by Gasteiger charge is -2.18. The minimum Gasteiger partial charge on any atom is -0.497 e. The largest absolute Gasteiger partial charge is 0.497 e. The summed E-state index contributed by atoms with van der Waals surface area (Å²) in [6.07, 6.45) is 0. The second-order valence-corrected chi connectivity index (χ2v) is 4.89. The molecule has 0 aromatic heterocycles. The van der Waals surface area contributed by atoms with E-state index in [0.29, 0.717) is 16.5 Å². The molecule has 0 aliphatic rings. The van der Waals surface area contributed by atoms with Crippen LogP contribution in [0.3, 0.4) is 0 Å². The monoisotopic (exact) mass is 307 g/mol. The van der Waals surface area contributed by atoms with Crippen LogP contribution in [0, 0.1) is 0 Å². The number of hydrogen-bond donors (Lipinski definition) is 1. The molecule has 1 unspecified atom stereocenters. The first-order valence-corrected chi connectivity index (χ1v) is 6.79. The molecular weight excluding hydrogens is 290 g/mol. The molecule has 0 radical (unpaired) electrons. The quantitative estimate of drug-likeness (QED) is 0.919. The van der Waals surface area contributed by atoms with Crippen LogP contribution in [0.5, 0.6) is 17.2 Å². The van der Waals surface area contributed by atoms with Crippen molar-refractivity contribution in [3.63, 3.8) is 0 Å². The Morgan fingerprint density at radius 3 is 2.24 bits per heavy atom. The topological polar surface area (TPSA) is 53.7 Å². The van der Waals surface area contributed by atoms with Crippen molar-refractivity contribution in [3.8, 4) is 17.2 Å². The maximum Gasteiger partial charge on any atom is 0.137 e. The summed E-state index contributed by atoms with van der Waals surface area (Å²) in [5.74, 6) is 2.02. The standard InChI is InChI=1S/C16H18ClNO3/c1-19-11-5-7-14(20-2)12(9-11)16(18)10-4-6-13(17)15(8-10)21-3/h4-9,16H,18H2,1-3H3. The second-order valence-electron chi connectivity index (χ2n) is 4.48. The highest BCUT2D eigenvalue weighted by molar-refractivity contribution is 6.32. The van der Waals surface area contributed by atoms with Crippen LogP contribution >= 0.6 is 11.6 Å². The van der Waals surface area contributed by atoms with Gasteiger partial charge in [-0.15, -0.1) is 0 Å². The first-order valence-electron chi connectivity index (χ1n) is 6.41.